The van der Waals surface area contributed by atoms with Crippen LogP contribution in [0.1, 0.15) is 11.6 Å². The van der Waals surface area contributed by atoms with E-state index in [0.717, 1.165) is 6.07 Å². The fourth-order valence-electron chi connectivity index (χ4n) is 3.82. The number of anilines is 1. The summed E-state index contributed by atoms with van der Waals surface area (Å²) in [6.07, 6.45) is 0. The van der Waals surface area contributed by atoms with Crippen LogP contribution in [0.2, 0.25) is 0 Å². The molecule has 3 rings (SSSR count). The Labute approximate surface area is 189 Å². The number of nitrogens with zero attached hydrogens (tertiary/aromatic N) is 3. The summed E-state index contributed by atoms with van der Waals surface area (Å²) in [4.78, 5) is 38.8. The number of rotatable bonds is 8. The minimum Gasteiger partial charge on any atom is -0.467 e. The highest BCUT2D eigenvalue weighted by Gasteiger charge is 2.33. The van der Waals surface area contributed by atoms with E-state index in [1.807, 2.05) is 11.0 Å². The quantitative estimate of drug-likeness (QED) is 0.343. The molecule has 10 nitrogen and oxygen atoms in total. The standard InChI is InChI=1S/C22H25FN4O6/c1-33-22(30)18(14-28)24-21(29)20(15-5-3-2-4-6-15)26-11-9-25(10-12-26)19-8-7-16(27(31)32)13-17(19)23/h2-8,13,18,20,28H,9-12,14H2,1H3,(H,24,29). The number of aliphatic hydroxyl groups excluding tert-OH is 1. The van der Waals surface area contributed by atoms with Crippen molar-refractivity contribution in [1.82, 2.24) is 10.2 Å². The highest BCUT2D eigenvalue weighted by molar-refractivity contribution is 5.88. The number of benzene rings is 2. The molecule has 0 bridgehead atoms. The molecule has 1 aliphatic rings. The maximum absolute atomic E-state index is 14.4. The first-order valence-electron chi connectivity index (χ1n) is 10.3. The largest absolute Gasteiger partial charge is 0.467 e. The molecule has 33 heavy (non-hydrogen) atoms. The van der Waals surface area contributed by atoms with Crippen LogP contribution in [0, 0.1) is 15.9 Å². The molecular formula is C22H25FN4O6. The first kappa shape index (κ1) is 24.1. The number of carbonyl (C=O) groups excluding carboxylic acids is 2. The first-order valence-corrected chi connectivity index (χ1v) is 10.3. The number of nitrogens with one attached hydrogen (secondary N) is 1. The van der Waals surface area contributed by atoms with Crippen LogP contribution in [0.25, 0.3) is 0 Å². The van der Waals surface area contributed by atoms with Crippen molar-refractivity contribution >= 4 is 23.3 Å². The summed E-state index contributed by atoms with van der Waals surface area (Å²) in [6, 6.07) is 10.6. The zero-order chi connectivity index (χ0) is 24.0. The number of hydrogen-bond donors (Lipinski definition) is 2. The van der Waals surface area contributed by atoms with E-state index in [9.17, 15) is 29.2 Å². The van der Waals surface area contributed by atoms with Gasteiger partial charge in [0, 0.05) is 32.2 Å². The molecule has 2 N–H and O–H groups in total. The Kier molecular flexibility index (Phi) is 7.91. The number of methoxy groups -OCH3 is 1. The van der Waals surface area contributed by atoms with E-state index in [1.54, 1.807) is 29.2 Å². The molecule has 1 fully saturated rings. The summed E-state index contributed by atoms with van der Waals surface area (Å²) >= 11 is 0. The molecule has 2 unspecified atom stereocenters. The smallest absolute Gasteiger partial charge is 0.330 e. The molecule has 1 saturated heterocycles. The average Bonchev–Trinajstić information content (AvgIpc) is 2.83. The van der Waals surface area contributed by atoms with Gasteiger partial charge in [0.15, 0.2) is 11.9 Å². The van der Waals surface area contributed by atoms with Crippen molar-refractivity contribution in [3.05, 3.63) is 70.0 Å². The van der Waals surface area contributed by atoms with Gasteiger partial charge in [0.05, 0.1) is 30.4 Å². The lowest BCUT2D eigenvalue weighted by Crippen LogP contribution is -2.53. The van der Waals surface area contributed by atoms with Crippen LogP contribution in [0.3, 0.4) is 0 Å². The second-order valence-electron chi connectivity index (χ2n) is 7.50. The lowest BCUT2D eigenvalue weighted by molar-refractivity contribution is -0.385. The Morgan fingerprint density at radius 3 is 2.39 bits per heavy atom. The van der Waals surface area contributed by atoms with E-state index in [4.69, 9.17) is 0 Å². The number of ether oxygens (including phenoxy) is 1. The van der Waals surface area contributed by atoms with Gasteiger partial charge in [0.25, 0.3) is 5.69 Å². The zero-order valence-electron chi connectivity index (χ0n) is 18.0. The molecule has 0 spiro atoms. The monoisotopic (exact) mass is 460 g/mol. The highest BCUT2D eigenvalue weighted by Crippen LogP contribution is 2.28. The number of non-ortho nitro benzene ring substituents is 1. The van der Waals surface area contributed by atoms with Crippen LogP contribution >= 0.6 is 0 Å². The van der Waals surface area contributed by atoms with Gasteiger partial charge in [-0.3, -0.25) is 19.8 Å². The lowest BCUT2D eigenvalue weighted by atomic mass is 10.0. The molecule has 2 aromatic carbocycles. The number of carbonyl (C=O) groups is 2. The number of amides is 1. The fraction of sp³-hybridized carbons (Fsp3) is 0.364. The van der Waals surface area contributed by atoms with Crippen LogP contribution < -0.4 is 10.2 Å². The summed E-state index contributed by atoms with van der Waals surface area (Å²) in [5.74, 6) is -1.91. The van der Waals surface area contributed by atoms with E-state index < -0.39 is 41.3 Å². The predicted octanol–water partition coefficient (Wildman–Crippen LogP) is 1.25. The second kappa shape index (κ2) is 10.8. The molecule has 0 radical (unpaired) electrons. The van der Waals surface area contributed by atoms with Crippen molar-refractivity contribution in [2.45, 2.75) is 12.1 Å². The summed E-state index contributed by atoms with van der Waals surface area (Å²) < 4.78 is 19.1. The predicted molar refractivity (Wildman–Crippen MR) is 117 cm³/mol. The highest BCUT2D eigenvalue weighted by atomic mass is 19.1. The van der Waals surface area contributed by atoms with Gasteiger partial charge in [-0.1, -0.05) is 30.3 Å². The maximum Gasteiger partial charge on any atom is 0.330 e. The van der Waals surface area contributed by atoms with Crippen molar-refractivity contribution in [3.63, 3.8) is 0 Å². The van der Waals surface area contributed by atoms with Gasteiger partial charge in [-0.15, -0.1) is 0 Å². The van der Waals surface area contributed by atoms with E-state index in [0.29, 0.717) is 31.7 Å². The summed E-state index contributed by atoms with van der Waals surface area (Å²) in [5, 5.41) is 22.9. The van der Waals surface area contributed by atoms with Crippen molar-refractivity contribution in [2.75, 3.05) is 44.8 Å². The van der Waals surface area contributed by atoms with Crippen LogP contribution in [-0.4, -0.2) is 72.7 Å². The minimum absolute atomic E-state index is 0.256. The van der Waals surface area contributed by atoms with Gasteiger partial charge in [-0.05, 0) is 11.6 Å². The molecule has 0 aromatic heterocycles. The molecule has 2 aromatic rings. The number of nitro groups is 1. The second-order valence-corrected chi connectivity index (χ2v) is 7.50. The Morgan fingerprint density at radius 2 is 1.85 bits per heavy atom. The molecule has 176 valence electrons. The third-order valence-electron chi connectivity index (χ3n) is 5.51. The normalized spacial score (nSPS) is 16.0. The molecule has 0 saturated carbocycles. The molecule has 11 heteroatoms. The zero-order valence-corrected chi connectivity index (χ0v) is 18.0. The van der Waals surface area contributed by atoms with Gasteiger partial charge in [-0.25, -0.2) is 9.18 Å². The Hall–Kier alpha value is -3.57. The van der Waals surface area contributed by atoms with Crippen molar-refractivity contribution in [1.29, 1.82) is 0 Å². The van der Waals surface area contributed by atoms with Crippen molar-refractivity contribution in [2.24, 2.45) is 0 Å². The van der Waals surface area contributed by atoms with Crippen LogP contribution in [0.4, 0.5) is 15.8 Å². The van der Waals surface area contributed by atoms with Gasteiger partial charge < -0.3 is 20.1 Å². The fourth-order valence-corrected chi connectivity index (χ4v) is 3.82. The minimum atomic E-state index is -1.19. The summed E-state index contributed by atoms with van der Waals surface area (Å²) in [5.41, 5.74) is 0.637. The molecular weight excluding hydrogens is 435 g/mol. The maximum atomic E-state index is 14.4. The topological polar surface area (TPSA) is 125 Å². The van der Waals surface area contributed by atoms with Crippen molar-refractivity contribution in [3.8, 4) is 0 Å². The number of hydrogen-bond acceptors (Lipinski definition) is 8. The first-order chi connectivity index (χ1) is 15.8. The van der Waals surface area contributed by atoms with Crippen LogP contribution in [0.15, 0.2) is 48.5 Å². The molecule has 2 atom stereocenters. The van der Waals surface area contributed by atoms with E-state index in [-0.39, 0.29) is 11.4 Å². The number of halogens is 1. The summed E-state index contributed by atoms with van der Waals surface area (Å²) in [7, 11) is 1.17. The molecule has 1 amide bonds. The molecule has 0 aliphatic carbocycles. The Bertz CT molecular complexity index is 998. The lowest BCUT2D eigenvalue weighted by Gasteiger charge is -2.40. The molecule has 1 aliphatic heterocycles. The third kappa shape index (κ3) is 5.62. The van der Waals surface area contributed by atoms with E-state index >= 15 is 0 Å². The Balaban J connectivity index is 1.76. The Morgan fingerprint density at radius 1 is 1.18 bits per heavy atom. The number of piperazine rings is 1. The van der Waals surface area contributed by atoms with Crippen molar-refractivity contribution < 1.29 is 28.7 Å². The number of nitro benzene ring substituents is 1. The van der Waals surface area contributed by atoms with E-state index in [1.165, 1.54) is 19.2 Å². The van der Waals surface area contributed by atoms with Gasteiger partial charge in [0.1, 0.15) is 6.04 Å². The number of esters is 1. The van der Waals surface area contributed by atoms with E-state index in [2.05, 4.69) is 10.1 Å². The van der Waals surface area contributed by atoms with Crippen LogP contribution in [0.5, 0.6) is 0 Å². The van der Waals surface area contributed by atoms with Crippen LogP contribution in [-0.2, 0) is 14.3 Å². The summed E-state index contributed by atoms with van der Waals surface area (Å²) in [6.45, 7) is 0.946. The van der Waals surface area contributed by atoms with Gasteiger partial charge >= 0.3 is 5.97 Å². The SMILES string of the molecule is COC(=O)C(CO)NC(=O)C(c1ccccc1)N1CCN(c2ccc([N+](=O)[O-])cc2F)CC1. The molecule has 1 heterocycles. The average molecular weight is 460 g/mol. The van der Waals surface area contributed by atoms with Gasteiger partial charge in [0.2, 0.25) is 5.91 Å². The number of aliphatic hydroxyl groups is 1. The third-order valence-corrected chi connectivity index (χ3v) is 5.51. The van der Waals surface area contributed by atoms with Gasteiger partial charge in [-0.2, -0.15) is 0 Å².